The van der Waals surface area contributed by atoms with E-state index in [1.54, 1.807) is 18.2 Å². The Labute approximate surface area is 111 Å². The van der Waals surface area contributed by atoms with Gasteiger partial charge < -0.3 is 15.2 Å². The number of rotatable bonds is 5. The molecule has 4 heteroatoms. The van der Waals surface area contributed by atoms with E-state index >= 15 is 0 Å². The molecule has 100 valence electrons. The van der Waals surface area contributed by atoms with Crippen LogP contribution in [0.25, 0.3) is 0 Å². The van der Waals surface area contributed by atoms with Gasteiger partial charge in [0.2, 0.25) is 0 Å². The molecule has 0 aliphatic carbocycles. The van der Waals surface area contributed by atoms with Crippen LogP contribution in [0.1, 0.15) is 13.3 Å². The lowest BCUT2D eigenvalue weighted by Crippen LogP contribution is -1.94. The topological polar surface area (TPSA) is 44.5 Å². The molecular formula is C15H16FNO2. The summed E-state index contributed by atoms with van der Waals surface area (Å²) >= 11 is 0. The van der Waals surface area contributed by atoms with E-state index in [1.165, 1.54) is 12.1 Å². The van der Waals surface area contributed by atoms with Gasteiger partial charge in [-0.05, 0) is 36.8 Å². The summed E-state index contributed by atoms with van der Waals surface area (Å²) in [6, 6.07) is 11.3. The number of anilines is 1. The lowest BCUT2D eigenvalue weighted by molar-refractivity contribution is 0.317. The molecule has 0 heterocycles. The molecule has 0 spiro atoms. The summed E-state index contributed by atoms with van der Waals surface area (Å²) in [5, 5.41) is 0. The monoisotopic (exact) mass is 261 g/mol. The van der Waals surface area contributed by atoms with E-state index in [0.717, 1.165) is 12.2 Å². The summed E-state index contributed by atoms with van der Waals surface area (Å²) in [7, 11) is 0. The zero-order chi connectivity index (χ0) is 13.7. The summed E-state index contributed by atoms with van der Waals surface area (Å²) in [6.07, 6.45) is 0.959. The molecule has 19 heavy (non-hydrogen) atoms. The highest BCUT2D eigenvalue weighted by molar-refractivity contribution is 5.46. The Bertz CT molecular complexity index is 520. The first kappa shape index (κ1) is 13.2. The Morgan fingerprint density at radius 2 is 1.68 bits per heavy atom. The van der Waals surface area contributed by atoms with Crippen molar-refractivity contribution in [3.05, 3.63) is 48.3 Å². The van der Waals surface area contributed by atoms with Crippen molar-refractivity contribution >= 4 is 5.69 Å². The molecule has 0 fully saturated rings. The van der Waals surface area contributed by atoms with Crippen molar-refractivity contribution in [2.24, 2.45) is 0 Å². The predicted molar refractivity (Wildman–Crippen MR) is 73.1 cm³/mol. The second-order valence-electron chi connectivity index (χ2n) is 4.14. The van der Waals surface area contributed by atoms with Gasteiger partial charge in [0, 0.05) is 17.8 Å². The van der Waals surface area contributed by atoms with Gasteiger partial charge in [-0.2, -0.15) is 0 Å². The fourth-order valence-electron chi connectivity index (χ4n) is 1.60. The minimum Gasteiger partial charge on any atom is -0.494 e. The molecule has 0 aromatic heterocycles. The molecule has 0 unspecified atom stereocenters. The minimum absolute atomic E-state index is 0.331. The first-order valence-electron chi connectivity index (χ1n) is 6.14. The molecule has 2 N–H and O–H groups in total. The van der Waals surface area contributed by atoms with Crippen LogP contribution in [0.4, 0.5) is 10.1 Å². The normalized spacial score (nSPS) is 10.2. The van der Waals surface area contributed by atoms with E-state index in [0.29, 0.717) is 23.8 Å². The Balaban J connectivity index is 2.06. The average Bonchev–Trinajstić information content (AvgIpc) is 2.37. The molecule has 2 aromatic carbocycles. The zero-order valence-corrected chi connectivity index (χ0v) is 10.7. The van der Waals surface area contributed by atoms with Crippen molar-refractivity contribution in [2.75, 3.05) is 12.3 Å². The molecule has 0 saturated carbocycles. The van der Waals surface area contributed by atoms with Crippen LogP contribution in [-0.2, 0) is 0 Å². The van der Waals surface area contributed by atoms with Crippen LogP contribution in [-0.4, -0.2) is 6.61 Å². The first-order valence-corrected chi connectivity index (χ1v) is 6.14. The molecule has 3 nitrogen and oxygen atoms in total. The van der Waals surface area contributed by atoms with Gasteiger partial charge in [-0.15, -0.1) is 0 Å². The van der Waals surface area contributed by atoms with E-state index in [9.17, 15) is 4.39 Å². The second-order valence-corrected chi connectivity index (χ2v) is 4.14. The van der Waals surface area contributed by atoms with Crippen molar-refractivity contribution in [1.82, 2.24) is 0 Å². The van der Waals surface area contributed by atoms with Crippen LogP contribution in [0.5, 0.6) is 17.2 Å². The molecule has 0 radical (unpaired) electrons. The fourth-order valence-corrected chi connectivity index (χ4v) is 1.60. The quantitative estimate of drug-likeness (QED) is 0.828. The van der Waals surface area contributed by atoms with Crippen molar-refractivity contribution in [3.8, 4) is 17.2 Å². The molecule has 0 atom stereocenters. The molecule has 0 aliphatic heterocycles. The largest absolute Gasteiger partial charge is 0.494 e. The minimum atomic E-state index is -0.419. The number of ether oxygens (including phenoxy) is 2. The van der Waals surface area contributed by atoms with Crippen molar-refractivity contribution < 1.29 is 13.9 Å². The van der Waals surface area contributed by atoms with Crippen LogP contribution >= 0.6 is 0 Å². The summed E-state index contributed by atoms with van der Waals surface area (Å²) in [5.41, 5.74) is 5.88. The van der Waals surface area contributed by atoms with E-state index in [2.05, 4.69) is 0 Å². The highest BCUT2D eigenvalue weighted by Crippen LogP contribution is 2.26. The molecule has 0 bridgehead atoms. The fraction of sp³-hybridized carbons (Fsp3) is 0.200. The van der Waals surface area contributed by atoms with E-state index in [4.69, 9.17) is 15.2 Å². The highest BCUT2D eigenvalue weighted by atomic mass is 19.1. The standard InChI is InChI=1S/C15H16FNO2/c1-2-7-18-13-3-5-14(6-4-13)19-15-9-11(16)8-12(17)10-15/h3-6,8-10H,2,7,17H2,1H3. The van der Waals surface area contributed by atoms with Gasteiger partial charge in [-0.3, -0.25) is 0 Å². The van der Waals surface area contributed by atoms with Crippen LogP contribution in [0, 0.1) is 5.82 Å². The second kappa shape index (κ2) is 6.09. The molecule has 0 aliphatic rings. The molecule has 0 saturated heterocycles. The third-order valence-corrected chi connectivity index (χ3v) is 2.43. The number of nitrogen functional groups attached to an aromatic ring is 1. The number of benzene rings is 2. The Morgan fingerprint density at radius 3 is 2.32 bits per heavy atom. The van der Waals surface area contributed by atoms with Gasteiger partial charge >= 0.3 is 0 Å². The Morgan fingerprint density at radius 1 is 1.00 bits per heavy atom. The zero-order valence-electron chi connectivity index (χ0n) is 10.7. The van der Waals surface area contributed by atoms with E-state index in [1.807, 2.05) is 19.1 Å². The molecule has 0 amide bonds. The SMILES string of the molecule is CCCOc1ccc(Oc2cc(N)cc(F)c2)cc1. The van der Waals surface area contributed by atoms with Gasteiger partial charge in [0.1, 0.15) is 23.1 Å². The third-order valence-electron chi connectivity index (χ3n) is 2.43. The predicted octanol–water partition coefficient (Wildman–Crippen LogP) is 3.99. The van der Waals surface area contributed by atoms with Crippen molar-refractivity contribution in [1.29, 1.82) is 0 Å². The van der Waals surface area contributed by atoms with Crippen LogP contribution in [0.3, 0.4) is 0 Å². The lowest BCUT2D eigenvalue weighted by Gasteiger charge is -2.08. The van der Waals surface area contributed by atoms with Gasteiger partial charge in [-0.1, -0.05) is 6.92 Å². The average molecular weight is 261 g/mol. The molecule has 2 rings (SSSR count). The lowest BCUT2D eigenvalue weighted by atomic mass is 10.3. The number of hydrogen-bond acceptors (Lipinski definition) is 3. The van der Waals surface area contributed by atoms with Gasteiger partial charge in [-0.25, -0.2) is 4.39 Å². The number of hydrogen-bond donors (Lipinski definition) is 1. The summed E-state index contributed by atoms with van der Waals surface area (Å²) < 4.78 is 24.1. The van der Waals surface area contributed by atoms with Gasteiger partial charge in [0.05, 0.1) is 6.61 Å². The smallest absolute Gasteiger partial charge is 0.132 e. The Kier molecular flexibility index (Phi) is 4.23. The Hall–Kier alpha value is -2.23. The van der Waals surface area contributed by atoms with Gasteiger partial charge in [0.15, 0.2) is 0 Å². The molecular weight excluding hydrogens is 245 g/mol. The van der Waals surface area contributed by atoms with E-state index < -0.39 is 5.82 Å². The maximum atomic E-state index is 13.2. The maximum Gasteiger partial charge on any atom is 0.132 e. The van der Waals surface area contributed by atoms with Crippen molar-refractivity contribution in [3.63, 3.8) is 0 Å². The summed E-state index contributed by atoms with van der Waals surface area (Å²) in [4.78, 5) is 0. The van der Waals surface area contributed by atoms with Crippen LogP contribution in [0.2, 0.25) is 0 Å². The number of nitrogens with two attached hydrogens (primary N) is 1. The summed E-state index contributed by atoms with van der Waals surface area (Å²) in [6.45, 7) is 2.73. The molecule has 2 aromatic rings. The maximum absolute atomic E-state index is 13.2. The third kappa shape index (κ3) is 3.88. The summed E-state index contributed by atoms with van der Waals surface area (Å²) in [5.74, 6) is 1.35. The number of halogens is 1. The van der Waals surface area contributed by atoms with Gasteiger partial charge in [0.25, 0.3) is 0 Å². The van der Waals surface area contributed by atoms with Crippen molar-refractivity contribution in [2.45, 2.75) is 13.3 Å². The first-order chi connectivity index (χ1) is 9.17. The van der Waals surface area contributed by atoms with E-state index in [-0.39, 0.29) is 0 Å². The highest BCUT2D eigenvalue weighted by Gasteiger charge is 2.02. The van der Waals surface area contributed by atoms with Crippen LogP contribution < -0.4 is 15.2 Å². The van der Waals surface area contributed by atoms with Crippen LogP contribution in [0.15, 0.2) is 42.5 Å².